The summed E-state index contributed by atoms with van der Waals surface area (Å²) in [6, 6.07) is 7.99. The number of carbonyl (C=O) groups excluding carboxylic acids is 1. The van der Waals surface area contributed by atoms with E-state index >= 15 is 0 Å². The molecule has 0 spiro atoms. The molecule has 0 bridgehead atoms. The first kappa shape index (κ1) is 15.8. The summed E-state index contributed by atoms with van der Waals surface area (Å²) < 4.78 is 5.29. The first-order valence-corrected chi connectivity index (χ1v) is 7.99. The van der Waals surface area contributed by atoms with Gasteiger partial charge in [-0.25, -0.2) is 4.79 Å². The number of hydrogen-bond acceptors (Lipinski definition) is 2. The molecule has 21 heavy (non-hydrogen) atoms. The number of urea groups is 1. The number of benzene rings is 1. The van der Waals surface area contributed by atoms with Gasteiger partial charge in [0.2, 0.25) is 0 Å². The highest BCUT2D eigenvalue weighted by Gasteiger charge is 2.16. The predicted octanol–water partition coefficient (Wildman–Crippen LogP) is 3.58. The molecule has 0 aromatic heterocycles. The van der Waals surface area contributed by atoms with Crippen molar-refractivity contribution in [2.75, 3.05) is 25.1 Å². The van der Waals surface area contributed by atoms with Gasteiger partial charge in [-0.15, -0.1) is 0 Å². The van der Waals surface area contributed by atoms with Crippen molar-refractivity contribution in [3.63, 3.8) is 0 Å². The second kappa shape index (κ2) is 8.67. The van der Waals surface area contributed by atoms with Crippen molar-refractivity contribution in [2.45, 2.75) is 39.0 Å². The smallest absolute Gasteiger partial charge is 0.319 e. The van der Waals surface area contributed by atoms with Crippen LogP contribution in [0.1, 0.15) is 38.2 Å². The average molecular weight is 290 g/mol. The van der Waals surface area contributed by atoms with E-state index in [1.54, 1.807) is 0 Å². The minimum atomic E-state index is -0.138. The molecule has 1 heterocycles. The fourth-order valence-corrected chi connectivity index (χ4v) is 2.49. The van der Waals surface area contributed by atoms with Crippen molar-refractivity contribution in [3.8, 4) is 0 Å². The molecule has 1 saturated heterocycles. The van der Waals surface area contributed by atoms with E-state index in [0.29, 0.717) is 12.5 Å². The number of ether oxygens (including phenoxy) is 1. The molecule has 4 nitrogen and oxygen atoms in total. The molecule has 1 fully saturated rings. The second-order valence-electron chi connectivity index (χ2n) is 5.72. The van der Waals surface area contributed by atoms with E-state index in [1.165, 1.54) is 24.8 Å². The molecule has 4 heteroatoms. The zero-order valence-electron chi connectivity index (χ0n) is 12.9. The molecule has 2 N–H and O–H groups in total. The Labute approximate surface area is 127 Å². The molecule has 1 aliphatic rings. The molecule has 2 rings (SSSR count). The first-order valence-electron chi connectivity index (χ1n) is 7.99. The van der Waals surface area contributed by atoms with Gasteiger partial charge >= 0.3 is 6.03 Å². The Bertz CT molecular complexity index is 425. The number of amides is 2. The van der Waals surface area contributed by atoms with E-state index in [4.69, 9.17) is 4.74 Å². The third kappa shape index (κ3) is 5.76. The van der Waals surface area contributed by atoms with E-state index in [2.05, 4.69) is 29.7 Å². The van der Waals surface area contributed by atoms with Gasteiger partial charge in [-0.2, -0.15) is 0 Å². The molecule has 0 saturated carbocycles. The lowest BCUT2D eigenvalue weighted by molar-refractivity contribution is 0.185. The molecule has 116 valence electrons. The molecular formula is C17H26N2O2. The maximum absolute atomic E-state index is 11.8. The summed E-state index contributed by atoms with van der Waals surface area (Å²) in [5, 5.41) is 5.77. The van der Waals surface area contributed by atoms with Gasteiger partial charge in [0.25, 0.3) is 0 Å². The summed E-state index contributed by atoms with van der Waals surface area (Å²) in [6.07, 6.45) is 5.89. The van der Waals surface area contributed by atoms with Gasteiger partial charge < -0.3 is 15.4 Å². The Hall–Kier alpha value is -1.55. The van der Waals surface area contributed by atoms with E-state index in [1.807, 2.05) is 12.1 Å². The van der Waals surface area contributed by atoms with Crippen LogP contribution < -0.4 is 10.6 Å². The summed E-state index contributed by atoms with van der Waals surface area (Å²) in [6.45, 7) is 4.46. The normalized spacial score (nSPS) is 17.7. The van der Waals surface area contributed by atoms with Crippen molar-refractivity contribution in [3.05, 3.63) is 29.8 Å². The van der Waals surface area contributed by atoms with E-state index in [0.717, 1.165) is 31.7 Å². The summed E-state index contributed by atoms with van der Waals surface area (Å²) in [5.74, 6) is 0.455. The summed E-state index contributed by atoms with van der Waals surface area (Å²) in [7, 11) is 0. The van der Waals surface area contributed by atoms with E-state index in [9.17, 15) is 4.79 Å². The van der Waals surface area contributed by atoms with Crippen molar-refractivity contribution < 1.29 is 9.53 Å². The van der Waals surface area contributed by atoms with Crippen molar-refractivity contribution >= 4 is 11.7 Å². The molecule has 1 aromatic rings. The Kier molecular flexibility index (Phi) is 6.54. The van der Waals surface area contributed by atoms with Gasteiger partial charge in [-0.1, -0.05) is 31.9 Å². The minimum Gasteiger partial charge on any atom is -0.381 e. The molecule has 1 aliphatic heterocycles. The average Bonchev–Trinajstić information content (AvgIpc) is 3.01. The number of carbonyl (C=O) groups is 1. The van der Waals surface area contributed by atoms with Crippen LogP contribution in [0.25, 0.3) is 0 Å². The highest BCUT2D eigenvalue weighted by molar-refractivity contribution is 5.89. The summed E-state index contributed by atoms with van der Waals surface area (Å²) in [4.78, 5) is 11.8. The SMILES string of the molecule is CCCCCc1ccc(NC(=O)NCC2CCOC2)cc1. The van der Waals surface area contributed by atoms with Crippen LogP contribution in [-0.2, 0) is 11.2 Å². The number of nitrogens with one attached hydrogen (secondary N) is 2. The maximum atomic E-state index is 11.8. The molecule has 2 amide bonds. The summed E-state index contributed by atoms with van der Waals surface area (Å²) >= 11 is 0. The number of unbranched alkanes of at least 4 members (excludes halogenated alkanes) is 2. The maximum Gasteiger partial charge on any atom is 0.319 e. The lowest BCUT2D eigenvalue weighted by Gasteiger charge is -2.11. The fraction of sp³-hybridized carbons (Fsp3) is 0.588. The largest absolute Gasteiger partial charge is 0.381 e. The summed E-state index contributed by atoms with van der Waals surface area (Å²) in [5.41, 5.74) is 2.17. The number of rotatable bonds is 7. The standard InChI is InChI=1S/C17H26N2O2/c1-2-3-4-5-14-6-8-16(9-7-14)19-17(20)18-12-15-10-11-21-13-15/h6-9,15H,2-5,10-13H2,1H3,(H2,18,19,20). The highest BCUT2D eigenvalue weighted by atomic mass is 16.5. The van der Waals surface area contributed by atoms with Crippen LogP contribution in [0.15, 0.2) is 24.3 Å². The van der Waals surface area contributed by atoms with Crippen molar-refractivity contribution in [2.24, 2.45) is 5.92 Å². The van der Waals surface area contributed by atoms with Gasteiger partial charge in [0.15, 0.2) is 0 Å². The van der Waals surface area contributed by atoms with Crippen LogP contribution in [0, 0.1) is 5.92 Å². The third-order valence-electron chi connectivity index (χ3n) is 3.86. The monoisotopic (exact) mass is 290 g/mol. The Morgan fingerprint density at radius 3 is 2.76 bits per heavy atom. The van der Waals surface area contributed by atoms with Gasteiger partial charge in [0, 0.05) is 24.8 Å². The lowest BCUT2D eigenvalue weighted by atomic mass is 10.1. The van der Waals surface area contributed by atoms with Crippen LogP contribution in [0.3, 0.4) is 0 Å². The fourth-order valence-electron chi connectivity index (χ4n) is 2.49. The number of aryl methyl sites for hydroxylation is 1. The van der Waals surface area contributed by atoms with Gasteiger partial charge in [0.05, 0.1) is 6.61 Å². The van der Waals surface area contributed by atoms with Crippen LogP contribution in [0.2, 0.25) is 0 Å². The molecular weight excluding hydrogens is 264 g/mol. The minimum absolute atomic E-state index is 0.138. The van der Waals surface area contributed by atoms with Crippen molar-refractivity contribution in [1.29, 1.82) is 0 Å². The molecule has 0 aliphatic carbocycles. The third-order valence-corrected chi connectivity index (χ3v) is 3.86. The Morgan fingerprint density at radius 1 is 1.29 bits per heavy atom. The molecule has 1 unspecified atom stereocenters. The van der Waals surface area contributed by atoms with E-state index in [-0.39, 0.29) is 6.03 Å². The van der Waals surface area contributed by atoms with Gasteiger partial charge in [0.1, 0.15) is 0 Å². The highest BCUT2D eigenvalue weighted by Crippen LogP contribution is 2.13. The first-order chi connectivity index (χ1) is 10.3. The van der Waals surface area contributed by atoms with Gasteiger partial charge in [-0.3, -0.25) is 0 Å². The van der Waals surface area contributed by atoms with Gasteiger partial charge in [-0.05, 0) is 37.0 Å². The molecule has 1 aromatic carbocycles. The topological polar surface area (TPSA) is 50.4 Å². The van der Waals surface area contributed by atoms with Crippen LogP contribution >= 0.6 is 0 Å². The zero-order valence-corrected chi connectivity index (χ0v) is 12.9. The molecule has 0 radical (unpaired) electrons. The van der Waals surface area contributed by atoms with Crippen molar-refractivity contribution in [1.82, 2.24) is 5.32 Å². The number of anilines is 1. The Balaban J connectivity index is 1.70. The van der Waals surface area contributed by atoms with Crippen LogP contribution in [0.5, 0.6) is 0 Å². The predicted molar refractivity (Wildman–Crippen MR) is 85.6 cm³/mol. The zero-order chi connectivity index (χ0) is 14.9. The lowest BCUT2D eigenvalue weighted by Crippen LogP contribution is -2.33. The second-order valence-corrected chi connectivity index (χ2v) is 5.72. The quantitative estimate of drug-likeness (QED) is 0.754. The van der Waals surface area contributed by atoms with E-state index < -0.39 is 0 Å². The molecule has 1 atom stereocenters. The van der Waals surface area contributed by atoms with Crippen LogP contribution in [0.4, 0.5) is 10.5 Å². The number of hydrogen-bond donors (Lipinski definition) is 2. The van der Waals surface area contributed by atoms with Crippen LogP contribution in [-0.4, -0.2) is 25.8 Å². The Morgan fingerprint density at radius 2 is 2.10 bits per heavy atom.